The van der Waals surface area contributed by atoms with E-state index in [9.17, 15) is 22.8 Å². The molecule has 0 aliphatic carbocycles. The Balaban J connectivity index is 2.85. The summed E-state index contributed by atoms with van der Waals surface area (Å²) in [5, 5.41) is 14.1. The number of carboxylic acid groups (broad SMARTS) is 1. The van der Waals surface area contributed by atoms with Crippen molar-refractivity contribution in [1.82, 2.24) is 10.6 Å². The maximum Gasteiger partial charge on any atom is 0.401 e. The van der Waals surface area contributed by atoms with Gasteiger partial charge in [-0.1, -0.05) is 34.1 Å². The number of carbonyl (C=O) groups excluding carboxylic acids is 2. The molecule has 0 aromatic rings. The molecule has 1 aliphatic heterocycles. The van der Waals surface area contributed by atoms with E-state index in [0.29, 0.717) is 18.9 Å². The number of carbonyl (C=O) groups is 3. The van der Waals surface area contributed by atoms with Gasteiger partial charge in [-0.05, 0) is 18.3 Å². The molecule has 0 radical (unpaired) electrons. The lowest BCUT2D eigenvalue weighted by atomic mass is 9.97. The molecule has 1 unspecified atom stereocenters. The fourth-order valence-electron chi connectivity index (χ4n) is 2.26. The third kappa shape index (κ3) is 6.22. The fourth-order valence-corrected chi connectivity index (χ4v) is 3.19. The van der Waals surface area contributed by atoms with Gasteiger partial charge in [-0.2, -0.15) is 8.42 Å². The van der Waals surface area contributed by atoms with E-state index in [1.807, 2.05) is 20.8 Å². The number of hydrogen-bond acceptors (Lipinski definition) is 7. The molecule has 1 heterocycles. The fraction of sp³-hybridized carbons (Fsp3) is 0.800. The lowest BCUT2D eigenvalue weighted by molar-refractivity contribution is -0.150. The maximum absolute atomic E-state index is 12.4. The number of rotatable bonds is 9. The van der Waals surface area contributed by atoms with Gasteiger partial charge >= 0.3 is 16.4 Å². The first kappa shape index (κ1) is 22.3. The van der Waals surface area contributed by atoms with E-state index >= 15 is 0 Å². The summed E-state index contributed by atoms with van der Waals surface area (Å²) in [4.78, 5) is 35.8. The number of aliphatic carboxylic acids is 1. The van der Waals surface area contributed by atoms with Crippen molar-refractivity contribution in [1.29, 1.82) is 0 Å². The van der Waals surface area contributed by atoms with Crippen LogP contribution in [0, 0.1) is 11.8 Å². The summed E-state index contributed by atoms with van der Waals surface area (Å²) in [7, 11) is -4.58. The highest BCUT2D eigenvalue weighted by atomic mass is 32.3. The molecule has 0 aromatic carbocycles. The summed E-state index contributed by atoms with van der Waals surface area (Å²) in [5.41, 5.74) is 0. The van der Waals surface area contributed by atoms with Gasteiger partial charge in [-0.25, -0.2) is 13.2 Å². The summed E-state index contributed by atoms with van der Waals surface area (Å²) >= 11 is 0. The smallest absolute Gasteiger partial charge is 0.401 e. The van der Waals surface area contributed by atoms with Gasteiger partial charge < -0.3 is 15.7 Å². The van der Waals surface area contributed by atoms with Crippen molar-refractivity contribution in [3.8, 4) is 0 Å². The lowest BCUT2D eigenvalue weighted by Gasteiger charge is -2.25. The molecular weight excluding hydrogens is 368 g/mol. The van der Waals surface area contributed by atoms with E-state index in [2.05, 4.69) is 19.0 Å². The van der Waals surface area contributed by atoms with E-state index in [0.717, 1.165) is 6.42 Å². The first-order chi connectivity index (χ1) is 12.0. The second kappa shape index (κ2) is 9.28. The molecule has 1 aliphatic rings. The average molecular weight is 394 g/mol. The zero-order valence-corrected chi connectivity index (χ0v) is 16.0. The molecule has 150 valence electrons. The van der Waals surface area contributed by atoms with Gasteiger partial charge in [0.15, 0.2) is 6.10 Å². The monoisotopic (exact) mass is 394 g/mol. The Bertz CT molecular complexity index is 634. The van der Waals surface area contributed by atoms with Crippen LogP contribution >= 0.6 is 0 Å². The van der Waals surface area contributed by atoms with Crippen LogP contribution in [0.4, 0.5) is 0 Å². The minimum atomic E-state index is -4.58. The third-order valence-corrected chi connectivity index (χ3v) is 4.92. The molecule has 10 nitrogen and oxygen atoms in total. The van der Waals surface area contributed by atoms with Crippen molar-refractivity contribution >= 4 is 28.2 Å². The van der Waals surface area contributed by atoms with Crippen LogP contribution in [-0.2, 0) is 33.1 Å². The van der Waals surface area contributed by atoms with Crippen LogP contribution in [0.25, 0.3) is 0 Å². The molecule has 1 fully saturated rings. The molecule has 0 aromatic heterocycles. The van der Waals surface area contributed by atoms with Crippen LogP contribution in [0.2, 0.25) is 0 Å². The van der Waals surface area contributed by atoms with Crippen LogP contribution in [-0.4, -0.2) is 56.1 Å². The minimum absolute atomic E-state index is 0.264. The van der Waals surface area contributed by atoms with Crippen LogP contribution in [0.3, 0.4) is 0 Å². The summed E-state index contributed by atoms with van der Waals surface area (Å²) in [5.74, 6) is -3.00. The third-order valence-electron chi connectivity index (χ3n) is 4.03. The molecule has 26 heavy (non-hydrogen) atoms. The number of nitrogens with one attached hydrogen (secondary N) is 2. The molecule has 0 spiro atoms. The maximum atomic E-state index is 12.4. The van der Waals surface area contributed by atoms with E-state index in [-0.39, 0.29) is 5.92 Å². The van der Waals surface area contributed by atoms with Gasteiger partial charge in [0.2, 0.25) is 12.0 Å². The Morgan fingerprint density at radius 3 is 2.19 bits per heavy atom. The van der Waals surface area contributed by atoms with E-state index in [4.69, 9.17) is 5.11 Å². The minimum Gasteiger partial charge on any atom is -0.479 e. The summed E-state index contributed by atoms with van der Waals surface area (Å²) in [6.07, 6.45) is -2.58. The van der Waals surface area contributed by atoms with Crippen LogP contribution in [0.5, 0.6) is 0 Å². The molecule has 4 atom stereocenters. The standard InChI is InChI=1S/C15H26N2O8S/c1-5-9(4)10(13(18)16-7-6-8(2)3)17-14(19)11-12(15(20)21)25-26(22,23)24-11/h8-12H,5-7H2,1-4H3,(H,16,18)(H,17,19)(H,20,21)/t9-,10?,11-,12-/m0/s1. The Kier molecular flexibility index (Phi) is 7.97. The lowest BCUT2D eigenvalue weighted by Crippen LogP contribution is -2.54. The van der Waals surface area contributed by atoms with Crippen LogP contribution in [0.1, 0.15) is 40.5 Å². The van der Waals surface area contributed by atoms with Crippen molar-refractivity contribution in [3.05, 3.63) is 0 Å². The molecular formula is C15H26N2O8S. The molecule has 2 amide bonds. The Hall–Kier alpha value is -1.72. The van der Waals surface area contributed by atoms with Gasteiger partial charge in [0.05, 0.1) is 0 Å². The number of carboxylic acids is 1. The van der Waals surface area contributed by atoms with Gasteiger partial charge in [0.1, 0.15) is 6.04 Å². The first-order valence-electron chi connectivity index (χ1n) is 8.40. The predicted molar refractivity (Wildman–Crippen MR) is 90.2 cm³/mol. The highest BCUT2D eigenvalue weighted by molar-refractivity contribution is 7.82. The van der Waals surface area contributed by atoms with Gasteiger partial charge in [-0.3, -0.25) is 9.59 Å². The highest BCUT2D eigenvalue weighted by Crippen LogP contribution is 2.22. The van der Waals surface area contributed by atoms with Crippen molar-refractivity contribution in [3.63, 3.8) is 0 Å². The van der Waals surface area contributed by atoms with Crippen molar-refractivity contribution in [2.75, 3.05) is 6.54 Å². The van der Waals surface area contributed by atoms with Crippen molar-refractivity contribution < 1.29 is 36.3 Å². The highest BCUT2D eigenvalue weighted by Gasteiger charge is 2.49. The zero-order chi connectivity index (χ0) is 20.1. The molecule has 1 saturated heterocycles. The Morgan fingerprint density at radius 1 is 1.12 bits per heavy atom. The first-order valence-corrected chi connectivity index (χ1v) is 9.74. The summed E-state index contributed by atoms with van der Waals surface area (Å²) in [6.45, 7) is 8.00. The second-order valence-corrected chi connectivity index (χ2v) is 7.83. The Morgan fingerprint density at radius 2 is 1.69 bits per heavy atom. The molecule has 11 heteroatoms. The van der Waals surface area contributed by atoms with Gasteiger partial charge in [-0.15, -0.1) is 0 Å². The SMILES string of the molecule is CC[C@H](C)C(NC(=O)[C@H]1OS(=O)(=O)O[C@@H]1C(=O)O)C(=O)NCCC(C)C. The topological polar surface area (TPSA) is 148 Å². The normalized spacial score (nSPS) is 24.0. The summed E-state index contributed by atoms with van der Waals surface area (Å²) in [6, 6.07) is -0.957. The zero-order valence-electron chi connectivity index (χ0n) is 15.2. The molecule has 0 bridgehead atoms. The van der Waals surface area contributed by atoms with Crippen molar-refractivity contribution in [2.24, 2.45) is 11.8 Å². The second-order valence-electron chi connectivity index (χ2n) is 6.63. The van der Waals surface area contributed by atoms with Gasteiger partial charge in [0, 0.05) is 6.54 Å². The average Bonchev–Trinajstić information content (AvgIpc) is 2.87. The molecule has 3 N–H and O–H groups in total. The van der Waals surface area contributed by atoms with Crippen molar-refractivity contribution in [2.45, 2.75) is 58.8 Å². The Labute approximate surface area is 152 Å². The predicted octanol–water partition coefficient (Wildman–Crippen LogP) is -0.207. The number of hydrogen-bond donors (Lipinski definition) is 3. The van der Waals surface area contributed by atoms with E-state index < -0.39 is 46.4 Å². The van der Waals surface area contributed by atoms with Crippen LogP contribution < -0.4 is 10.6 Å². The van der Waals surface area contributed by atoms with E-state index in [1.165, 1.54) is 0 Å². The van der Waals surface area contributed by atoms with Crippen LogP contribution in [0.15, 0.2) is 0 Å². The largest absolute Gasteiger partial charge is 0.479 e. The quantitative estimate of drug-likeness (QED) is 0.487. The molecule has 0 saturated carbocycles. The summed E-state index contributed by atoms with van der Waals surface area (Å²) < 4.78 is 31.3. The van der Waals surface area contributed by atoms with E-state index in [1.54, 1.807) is 6.92 Å². The molecule has 1 rings (SSSR count). The van der Waals surface area contributed by atoms with Gasteiger partial charge in [0.25, 0.3) is 5.91 Å². The number of amides is 2.